The van der Waals surface area contributed by atoms with Gasteiger partial charge in [0.15, 0.2) is 0 Å². The summed E-state index contributed by atoms with van der Waals surface area (Å²) in [4.78, 5) is 21.9. The Bertz CT molecular complexity index is 262. The molecule has 17 heavy (non-hydrogen) atoms. The van der Waals surface area contributed by atoms with Crippen LogP contribution >= 0.6 is 0 Å². The van der Waals surface area contributed by atoms with Crippen LogP contribution in [-0.2, 0) is 4.79 Å². The lowest BCUT2D eigenvalue weighted by atomic mass is 9.89. The van der Waals surface area contributed by atoms with E-state index in [1.165, 1.54) is 32.1 Å². The number of nitrogens with one attached hydrogen (secondary N) is 2. The third-order valence-electron chi connectivity index (χ3n) is 3.27. The average molecular weight is 242 g/mol. The van der Waals surface area contributed by atoms with Crippen LogP contribution in [0.1, 0.15) is 39.0 Å². The highest BCUT2D eigenvalue weighted by atomic mass is 16.4. The molecule has 1 rings (SSSR count). The van der Waals surface area contributed by atoms with E-state index >= 15 is 0 Å². The Morgan fingerprint density at radius 2 is 1.88 bits per heavy atom. The number of hydrogen-bond donors (Lipinski definition) is 3. The number of hydrogen-bond acceptors (Lipinski definition) is 2. The van der Waals surface area contributed by atoms with E-state index in [9.17, 15) is 9.59 Å². The molecular formula is C12H22N2O3. The topological polar surface area (TPSA) is 78.4 Å². The van der Waals surface area contributed by atoms with Crippen molar-refractivity contribution in [2.75, 3.05) is 13.1 Å². The van der Waals surface area contributed by atoms with Crippen LogP contribution < -0.4 is 10.6 Å². The third kappa shape index (κ3) is 5.56. The van der Waals surface area contributed by atoms with Gasteiger partial charge < -0.3 is 15.7 Å². The van der Waals surface area contributed by atoms with Crippen LogP contribution in [0.25, 0.3) is 0 Å². The van der Waals surface area contributed by atoms with E-state index in [2.05, 4.69) is 10.6 Å². The molecule has 0 spiro atoms. The van der Waals surface area contributed by atoms with Gasteiger partial charge in [-0.05, 0) is 18.8 Å². The smallest absolute Gasteiger partial charge is 0.314 e. The Balaban J connectivity index is 2.10. The largest absolute Gasteiger partial charge is 0.481 e. The number of amides is 2. The van der Waals surface area contributed by atoms with Crippen molar-refractivity contribution in [2.24, 2.45) is 11.8 Å². The summed E-state index contributed by atoms with van der Waals surface area (Å²) >= 11 is 0. The van der Waals surface area contributed by atoms with Crippen LogP contribution in [0.4, 0.5) is 4.79 Å². The fraction of sp³-hybridized carbons (Fsp3) is 0.833. The molecule has 1 fully saturated rings. The van der Waals surface area contributed by atoms with Crippen molar-refractivity contribution in [1.29, 1.82) is 0 Å². The molecule has 0 aromatic rings. The van der Waals surface area contributed by atoms with Gasteiger partial charge in [0.1, 0.15) is 0 Å². The van der Waals surface area contributed by atoms with Gasteiger partial charge in [-0.3, -0.25) is 4.79 Å². The monoisotopic (exact) mass is 242 g/mol. The van der Waals surface area contributed by atoms with Crippen molar-refractivity contribution in [3.05, 3.63) is 0 Å². The van der Waals surface area contributed by atoms with Crippen LogP contribution in [0.5, 0.6) is 0 Å². The van der Waals surface area contributed by atoms with Crippen LogP contribution in [0.2, 0.25) is 0 Å². The molecule has 0 bridgehead atoms. The molecule has 1 aliphatic rings. The van der Waals surface area contributed by atoms with E-state index in [-0.39, 0.29) is 12.6 Å². The molecule has 5 nitrogen and oxygen atoms in total. The lowest BCUT2D eigenvalue weighted by Gasteiger charge is -2.21. The highest BCUT2D eigenvalue weighted by molar-refractivity contribution is 5.75. The summed E-state index contributed by atoms with van der Waals surface area (Å²) in [6.45, 7) is 2.45. The van der Waals surface area contributed by atoms with E-state index in [1.54, 1.807) is 6.92 Å². The molecule has 3 N–H and O–H groups in total. The second kappa shape index (κ2) is 7.14. The Morgan fingerprint density at radius 3 is 2.47 bits per heavy atom. The SMILES string of the molecule is CC(CNC(=O)NCC1CCCCC1)C(=O)O. The fourth-order valence-corrected chi connectivity index (χ4v) is 2.02. The van der Waals surface area contributed by atoms with Gasteiger partial charge in [0.05, 0.1) is 5.92 Å². The molecule has 0 aromatic carbocycles. The zero-order valence-corrected chi connectivity index (χ0v) is 10.4. The van der Waals surface area contributed by atoms with E-state index in [1.807, 2.05) is 0 Å². The number of aliphatic carboxylic acids is 1. The lowest BCUT2D eigenvalue weighted by Crippen LogP contribution is -2.41. The Morgan fingerprint density at radius 1 is 1.24 bits per heavy atom. The summed E-state index contributed by atoms with van der Waals surface area (Å²) < 4.78 is 0. The van der Waals surface area contributed by atoms with Crippen molar-refractivity contribution >= 4 is 12.0 Å². The summed E-state index contributed by atoms with van der Waals surface area (Å²) in [6, 6.07) is -0.260. The molecule has 1 aliphatic carbocycles. The van der Waals surface area contributed by atoms with Crippen LogP contribution in [0.15, 0.2) is 0 Å². The maximum atomic E-state index is 11.4. The first-order valence-corrected chi connectivity index (χ1v) is 6.34. The Labute approximate surface area is 102 Å². The molecule has 0 radical (unpaired) electrons. The van der Waals surface area contributed by atoms with Crippen molar-refractivity contribution in [3.8, 4) is 0 Å². The van der Waals surface area contributed by atoms with Crippen molar-refractivity contribution in [1.82, 2.24) is 10.6 Å². The van der Waals surface area contributed by atoms with Gasteiger partial charge in [-0.25, -0.2) is 4.79 Å². The number of carboxylic acids is 1. The number of carbonyl (C=O) groups is 2. The molecule has 0 aliphatic heterocycles. The van der Waals surface area contributed by atoms with Gasteiger partial charge in [-0.2, -0.15) is 0 Å². The van der Waals surface area contributed by atoms with Gasteiger partial charge in [-0.15, -0.1) is 0 Å². The van der Waals surface area contributed by atoms with Crippen molar-refractivity contribution in [3.63, 3.8) is 0 Å². The molecule has 1 saturated carbocycles. The molecule has 1 atom stereocenters. The predicted molar refractivity (Wildman–Crippen MR) is 64.8 cm³/mol. The number of urea groups is 1. The van der Waals surface area contributed by atoms with Crippen molar-refractivity contribution < 1.29 is 14.7 Å². The first kappa shape index (κ1) is 13.8. The first-order valence-electron chi connectivity index (χ1n) is 6.34. The lowest BCUT2D eigenvalue weighted by molar-refractivity contribution is -0.140. The summed E-state index contributed by atoms with van der Waals surface area (Å²) in [6.07, 6.45) is 6.18. The summed E-state index contributed by atoms with van der Waals surface area (Å²) in [5, 5.41) is 14.0. The molecule has 2 amide bonds. The van der Waals surface area contributed by atoms with E-state index in [0.29, 0.717) is 12.5 Å². The first-order chi connectivity index (χ1) is 8.09. The highest BCUT2D eigenvalue weighted by Gasteiger charge is 2.15. The maximum Gasteiger partial charge on any atom is 0.314 e. The number of carbonyl (C=O) groups excluding carboxylic acids is 1. The summed E-state index contributed by atoms with van der Waals surface area (Å²) in [5.74, 6) is -0.848. The van der Waals surface area contributed by atoms with E-state index < -0.39 is 11.9 Å². The molecule has 1 unspecified atom stereocenters. The second-order valence-corrected chi connectivity index (χ2v) is 4.83. The zero-order valence-electron chi connectivity index (χ0n) is 10.4. The minimum atomic E-state index is -0.891. The molecular weight excluding hydrogens is 220 g/mol. The molecule has 0 saturated heterocycles. The minimum absolute atomic E-state index is 0.172. The van der Waals surface area contributed by atoms with Crippen molar-refractivity contribution in [2.45, 2.75) is 39.0 Å². The standard InChI is InChI=1S/C12H22N2O3/c1-9(11(15)16)7-13-12(17)14-8-10-5-3-2-4-6-10/h9-10H,2-8H2,1H3,(H,15,16)(H2,13,14,17). The van der Waals surface area contributed by atoms with Gasteiger partial charge in [0, 0.05) is 13.1 Å². The molecule has 98 valence electrons. The zero-order chi connectivity index (χ0) is 12.7. The highest BCUT2D eigenvalue weighted by Crippen LogP contribution is 2.22. The molecule has 5 heteroatoms. The second-order valence-electron chi connectivity index (χ2n) is 4.83. The Kier molecular flexibility index (Phi) is 5.80. The maximum absolute atomic E-state index is 11.4. The van der Waals surface area contributed by atoms with E-state index in [4.69, 9.17) is 5.11 Å². The van der Waals surface area contributed by atoms with E-state index in [0.717, 1.165) is 0 Å². The minimum Gasteiger partial charge on any atom is -0.481 e. The fourth-order valence-electron chi connectivity index (χ4n) is 2.02. The predicted octanol–water partition coefficient (Wildman–Crippen LogP) is 1.59. The summed E-state index contributed by atoms with van der Waals surface area (Å²) in [5.41, 5.74) is 0. The van der Waals surface area contributed by atoms with Crippen LogP contribution in [-0.4, -0.2) is 30.2 Å². The Hall–Kier alpha value is -1.26. The van der Waals surface area contributed by atoms with Crippen LogP contribution in [0.3, 0.4) is 0 Å². The number of carboxylic acid groups (broad SMARTS) is 1. The van der Waals surface area contributed by atoms with Gasteiger partial charge in [0.25, 0.3) is 0 Å². The average Bonchev–Trinajstić information content (AvgIpc) is 2.34. The quantitative estimate of drug-likeness (QED) is 0.685. The van der Waals surface area contributed by atoms with Gasteiger partial charge >= 0.3 is 12.0 Å². The molecule has 0 heterocycles. The number of rotatable bonds is 5. The van der Waals surface area contributed by atoms with Gasteiger partial charge in [0.2, 0.25) is 0 Å². The third-order valence-corrected chi connectivity index (χ3v) is 3.27. The van der Waals surface area contributed by atoms with Crippen LogP contribution in [0, 0.1) is 11.8 Å². The normalized spacial score (nSPS) is 18.4. The van der Waals surface area contributed by atoms with Gasteiger partial charge in [-0.1, -0.05) is 26.2 Å². The molecule has 0 aromatic heterocycles. The summed E-state index contributed by atoms with van der Waals surface area (Å²) in [7, 11) is 0.